The van der Waals surface area contributed by atoms with Gasteiger partial charge in [-0.25, -0.2) is 0 Å². The first-order valence-electron chi connectivity index (χ1n) is 9.36. The first kappa shape index (κ1) is 17.9. The highest BCUT2D eigenvalue weighted by Crippen LogP contribution is 2.23. The Morgan fingerprint density at radius 1 is 1.24 bits per heavy atom. The van der Waals surface area contributed by atoms with Crippen LogP contribution < -0.4 is 0 Å². The molecule has 136 valence electrons. The lowest BCUT2D eigenvalue weighted by molar-refractivity contribution is -0.152. The van der Waals surface area contributed by atoms with Crippen molar-refractivity contribution in [3.05, 3.63) is 35.4 Å². The van der Waals surface area contributed by atoms with Crippen molar-refractivity contribution < 1.29 is 14.3 Å². The summed E-state index contributed by atoms with van der Waals surface area (Å²) >= 11 is 0. The van der Waals surface area contributed by atoms with Crippen LogP contribution in [0.25, 0.3) is 0 Å². The van der Waals surface area contributed by atoms with Crippen LogP contribution in [0.15, 0.2) is 24.3 Å². The van der Waals surface area contributed by atoms with Gasteiger partial charge in [0, 0.05) is 26.2 Å². The molecule has 1 aromatic carbocycles. The van der Waals surface area contributed by atoms with Gasteiger partial charge in [-0.1, -0.05) is 24.3 Å². The summed E-state index contributed by atoms with van der Waals surface area (Å²) < 4.78 is 5.14. The summed E-state index contributed by atoms with van der Waals surface area (Å²) in [6.07, 6.45) is 2.66. The first-order chi connectivity index (χ1) is 12.1. The van der Waals surface area contributed by atoms with Crippen LogP contribution in [-0.2, 0) is 27.3 Å². The van der Waals surface area contributed by atoms with Crippen molar-refractivity contribution in [1.82, 2.24) is 9.80 Å². The van der Waals surface area contributed by atoms with Crippen LogP contribution in [0.4, 0.5) is 0 Å². The number of esters is 1. The van der Waals surface area contributed by atoms with Gasteiger partial charge >= 0.3 is 5.97 Å². The summed E-state index contributed by atoms with van der Waals surface area (Å²) in [5, 5.41) is 0. The molecule has 2 unspecified atom stereocenters. The van der Waals surface area contributed by atoms with Gasteiger partial charge in [0.15, 0.2) is 0 Å². The second-order valence-electron chi connectivity index (χ2n) is 7.04. The zero-order chi connectivity index (χ0) is 17.8. The average molecular weight is 344 g/mol. The Morgan fingerprint density at radius 3 is 2.76 bits per heavy atom. The summed E-state index contributed by atoms with van der Waals surface area (Å²) in [6.45, 7) is 7.16. The third kappa shape index (κ3) is 4.03. The Kier molecular flexibility index (Phi) is 5.74. The van der Waals surface area contributed by atoms with Crippen molar-refractivity contribution in [3.63, 3.8) is 0 Å². The number of nitrogens with zero attached hydrogens (tertiary/aromatic N) is 2. The Labute approximate surface area is 149 Å². The number of fused-ring (bicyclic) bond motifs is 1. The van der Waals surface area contributed by atoms with Crippen LogP contribution in [0.5, 0.6) is 0 Å². The summed E-state index contributed by atoms with van der Waals surface area (Å²) in [6, 6.07) is 8.30. The lowest BCUT2D eigenvalue weighted by atomic mass is 9.96. The summed E-state index contributed by atoms with van der Waals surface area (Å²) in [5.41, 5.74) is 2.70. The van der Waals surface area contributed by atoms with E-state index in [1.807, 2.05) is 18.7 Å². The monoisotopic (exact) mass is 344 g/mol. The maximum absolute atomic E-state index is 13.0. The van der Waals surface area contributed by atoms with Crippen molar-refractivity contribution >= 4 is 11.9 Å². The molecule has 1 aromatic rings. The number of ether oxygens (including phenoxy) is 1. The number of likely N-dealkylation sites (tertiary alicyclic amines) is 1. The standard InChI is InChI=1S/C20H28N2O3/c1-3-25-20(24)18-9-6-11-22(14-18)19(23)15(2)21-12-10-16-7-4-5-8-17(16)13-21/h4-5,7-8,15,18H,3,6,9-14H2,1-2H3. The van der Waals surface area contributed by atoms with Crippen molar-refractivity contribution in [3.8, 4) is 0 Å². The van der Waals surface area contributed by atoms with Gasteiger partial charge in [-0.2, -0.15) is 0 Å². The molecule has 0 aromatic heterocycles. The fourth-order valence-corrected chi connectivity index (χ4v) is 3.90. The predicted octanol–water partition coefficient (Wildman–Crippen LogP) is 2.23. The van der Waals surface area contributed by atoms with Gasteiger partial charge in [0.25, 0.3) is 0 Å². The molecule has 1 fully saturated rings. The van der Waals surface area contributed by atoms with E-state index >= 15 is 0 Å². The molecule has 0 spiro atoms. The highest BCUT2D eigenvalue weighted by atomic mass is 16.5. The number of hydrogen-bond donors (Lipinski definition) is 0. The Morgan fingerprint density at radius 2 is 2.00 bits per heavy atom. The van der Waals surface area contributed by atoms with Gasteiger partial charge in [0.2, 0.25) is 5.91 Å². The number of benzene rings is 1. The number of carbonyl (C=O) groups is 2. The third-order valence-corrected chi connectivity index (χ3v) is 5.42. The molecule has 0 N–H and O–H groups in total. The number of hydrogen-bond acceptors (Lipinski definition) is 4. The molecule has 1 saturated heterocycles. The normalized spacial score (nSPS) is 22.2. The maximum Gasteiger partial charge on any atom is 0.310 e. The van der Waals surface area contributed by atoms with E-state index in [-0.39, 0.29) is 23.8 Å². The number of piperidine rings is 1. The van der Waals surface area contributed by atoms with Gasteiger partial charge in [-0.3, -0.25) is 14.5 Å². The predicted molar refractivity (Wildman–Crippen MR) is 96.0 cm³/mol. The number of amides is 1. The van der Waals surface area contributed by atoms with E-state index in [1.165, 1.54) is 11.1 Å². The van der Waals surface area contributed by atoms with Crippen LogP contribution in [0, 0.1) is 5.92 Å². The van der Waals surface area contributed by atoms with Crippen molar-refractivity contribution in [2.24, 2.45) is 5.92 Å². The minimum Gasteiger partial charge on any atom is -0.466 e. The second kappa shape index (κ2) is 8.00. The molecule has 25 heavy (non-hydrogen) atoms. The van der Waals surface area contributed by atoms with Crippen molar-refractivity contribution in [1.29, 1.82) is 0 Å². The highest BCUT2D eigenvalue weighted by molar-refractivity contribution is 5.82. The molecule has 5 heteroatoms. The van der Waals surface area contributed by atoms with E-state index in [9.17, 15) is 9.59 Å². The zero-order valence-corrected chi connectivity index (χ0v) is 15.2. The van der Waals surface area contributed by atoms with Crippen molar-refractivity contribution in [2.75, 3.05) is 26.2 Å². The molecule has 0 radical (unpaired) electrons. The van der Waals surface area contributed by atoms with E-state index in [4.69, 9.17) is 4.74 Å². The summed E-state index contributed by atoms with van der Waals surface area (Å²) in [4.78, 5) is 29.1. The molecule has 0 saturated carbocycles. The van der Waals surface area contributed by atoms with E-state index in [1.54, 1.807) is 0 Å². The molecular formula is C20H28N2O3. The molecule has 3 rings (SSSR count). The van der Waals surface area contributed by atoms with Gasteiger partial charge in [-0.05, 0) is 44.2 Å². The highest BCUT2D eigenvalue weighted by Gasteiger charge is 2.33. The minimum absolute atomic E-state index is 0.133. The number of carbonyl (C=O) groups excluding carboxylic acids is 2. The molecular weight excluding hydrogens is 316 g/mol. The van der Waals surface area contributed by atoms with Crippen LogP contribution in [0.1, 0.15) is 37.8 Å². The minimum atomic E-state index is -0.174. The van der Waals surface area contributed by atoms with E-state index in [0.29, 0.717) is 13.2 Å². The van der Waals surface area contributed by atoms with Crippen LogP contribution in [0.3, 0.4) is 0 Å². The van der Waals surface area contributed by atoms with Crippen molar-refractivity contribution in [2.45, 2.75) is 45.7 Å². The molecule has 2 aliphatic rings. The second-order valence-corrected chi connectivity index (χ2v) is 7.04. The largest absolute Gasteiger partial charge is 0.466 e. The van der Waals surface area contributed by atoms with E-state index in [0.717, 1.165) is 38.9 Å². The summed E-state index contributed by atoms with van der Waals surface area (Å²) in [7, 11) is 0. The van der Waals surface area contributed by atoms with E-state index in [2.05, 4.69) is 29.2 Å². The molecule has 2 aliphatic heterocycles. The quantitative estimate of drug-likeness (QED) is 0.786. The average Bonchev–Trinajstić information content (AvgIpc) is 2.66. The van der Waals surface area contributed by atoms with E-state index < -0.39 is 0 Å². The third-order valence-electron chi connectivity index (χ3n) is 5.42. The lowest BCUT2D eigenvalue weighted by Crippen LogP contribution is -2.52. The SMILES string of the molecule is CCOC(=O)C1CCCN(C(=O)C(C)N2CCc3ccccc3C2)C1. The fourth-order valence-electron chi connectivity index (χ4n) is 3.90. The van der Waals surface area contributed by atoms with Crippen LogP contribution >= 0.6 is 0 Å². The fraction of sp³-hybridized carbons (Fsp3) is 0.600. The smallest absolute Gasteiger partial charge is 0.310 e. The molecule has 0 aliphatic carbocycles. The number of rotatable bonds is 4. The summed E-state index contributed by atoms with van der Waals surface area (Å²) in [5.74, 6) is -0.208. The zero-order valence-electron chi connectivity index (χ0n) is 15.2. The lowest BCUT2D eigenvalue weighted by Gasteiger charge is -2.38. The Bertz CT molecular complexity index is 631. The maximum atomic E-state index is 13.0. The van der Waals surface area contributed by atoms with Gasteiger partial charge in [0.1, 0.15) is 0 Å². The van der Waals surface area contributed by atoms with Gasteiger partial charge in [0.05, 0.1) is 18.6 Å². The molecule has 1 amide bonds. The molecule has 5 nitrogen and oxygen atoms in total. The van der Waals surface area contributed by atoms with Gasteiger partial charge < -0.3 is 9.64 Å². The van der Waals surface area contributed by atoms with Crippen LogP contribution in [-0.4, -0.2) is 54.0 Å². The topological polar surface area (TPSA) is 49.9 Å². The van der Waals surface area contributed by atoms with Gasteiger partial charge in [-0.15, -0.1) is 0 Å². The Balaban J connectivity index is 1.61. The molecule has 2 heterocycles. The molecule has 0 bridgehead atoms. The molecule has 2 atom stereocenters. The van der Waals surface area contributed by atoms with Crippen LogP contribution in [0.2, 0.25) is 0 Å². The Hall–Kier alpha value is -1.88. The first-order valence-corrected chi connectivity index (χ1v) is 9.36.